The number of hydrazine groups is 1. The van der Waals surface area contributed by atoms with Crippen LogP contribution in [-0.4, -0.2) is 11.8 Å². The van der Waals surface area contributed by atoms with E-state index >= 15 is 0 Å². The molecular formula is C14H9ClFIN2O2. The summed E-state index contributed by atoms with van der Waals surface area (Å²) >= 11 is 7.85. The minimum absolute atomic E-state index is 0.150. The van der Waals surface area contributed by atoms with Gasteiger partial charge in [-0.25, -0.2) is 4.39 Å². The molecule has 0 aliphatic rings. The molecule has 0 atom stereocenters. The number of nitrogens with one attached hydrogen (secondary N) is 2. The molecule has 0 bridgehead atoms. The molecule has 2 aromatic carbocycles. The van der Waals surface area contributed by atoms with Crippen molar-refractivity contribution in [3.63, 3.8) is 0 Å². The molecule has 0 radical (unpaired) electrons. The highest BCUT2D eigenvalue weighted by Crippen LogP contribution is 2.19. The van der Waals surface area contributed by atoms with Crippen LogP contribution >= 0.6 is 34.2 Å². The highest BCUT2D eigenvalue weighted by Gasteiger charge is 2.13. The Morgan fingerprint density at radius 1 is 1.05 bits per heavy atom. The summed E-state index contributed by atoms with van der Waals surface area (Å²) in [6, 6.07) is 10.2. The summed E-state index contributed by atoms with van der Waals surface area (Å²) in [6.45, 7) is 0. The fourth-order valence-electron chi connectivity index (χ4n) is 1.54. The van der Waals surface area contributed by atoms with E-state index in [2.05, 4.69) is 10.9 Å². The van der Waals surface area contributed by atoms with Crippen LogP contribution in [0.3, 0.4) is 0 Å². The van der Waals surface area contributed by atoms with Gasteiger partial charge in [0.2, 0.25) is 0 Å². The van der Waals surface area contributed by atoms with Crippen molar-refractivity contribution in [2.24, 2.45) is 0 Å². The molecule has 0 unspecified atom stereocenters. The van der Waals surface area contributed by atoms with Gasteiger partial charge in [-0.15, -0.1) is 0 Å². The monoisotopic (exact) mass is 418 g/mol. The normalized spacial score (nSPS) is 10.0. The minimum Gasteiger partial charge on any atom is -0.267 e. The first kappa shape index (κ1) is 15.7. The van der Waals surface area contributed by atoms with Crippen molar-refractivity contribution < 1.29 is 14.0 Å². The Labute approximate surface area is 138 Å². The van der Waals surface area contributed by atoms with Gasteiger partial charge in [-0.1, -0.05) is 23.7 Å². The fourth-order valence-corrected chi connectivity index (χ4v) is 2.17. The molecule has 0 aromatic heterocycles. The third-order valence-corrected chi connectivity index (χ3v) is 4.13. The molecule has 2 aromatic rings. The third kappa shape index (κ3) is 3.92. The van der Waals surface area contributed by atoms with E-state index in [0.29, 0.717) is 14.2 Å². The first-order valence-corrected chi connectivity index (χ1v) is 7.25. The first-order valence-electron chi connectivity index (χ1n) is 5.79. The van der Waals surface area contributed by atoms with Crippen molar-refractivity contribution in [3.05, 3.63) is 68.0 Å². The lowest BCUT2D eigenvalue weighted by Crippen LogP contribution is -2.41. The van der Waals surface area contributed by atoms with Gasteiger partial charge in [-0.05, 0) is 52.9 Å². The van der Waals surface area contributed by atoms with Gasteiger partial charge in [-0.3, -0.25) is 20.4 Å². The van der Waals surface area contributed by atoms with Crippen LogP contribution in [0.25, 0.3) is 0 Å². The van der Waals surface area contributed by atoms with Gasteiger partial charge >= 0.3 is 0 Å². The first-order chi connectivity index (χ1) is 9.99. The van der Waals surface area contributed by atoms with Gasteiger partial charge in [0.25, 0.3) is 11.8 Å². The van der Waals surface area contributed by atoms with Crippen molar-refractivity contribution in [1.82, 2.24) is 10.9 Å². The zero-order chi connectivity index (χ0) is 15.4. The smallest absolute Gasteiger partial charge is 0.267 e. The Hall–Kier alpha value is -1.67. The summed E-state index contributed by atoms with van der Waals surface area (Å²) in [5.41, 5.74) is 4.56. The molecule has 0 fully saturated rings. The molecule has 2 rings (SSSR count). The molecule has 2 N–H and O–H groups in total. The van der Waals surface area contributed by atoms with E-state index in [9.17, 15) is 14.0 Å². The summed E-state index contributed by atoms with van der Waals surface area (Å²) in [5, 5.41) is 0.530. The highest BCUT2D eigenvalue weighted by atomic mass is 127. The second kappa shape index (κ2) is 6.86. The largest absolute Gasteiger partial charge is 0.272 e. The number of halogens is 3. The van der Waals surface area contributed by atoms with Gasteiger partial charge in [0.1, 0.15) is 5.82 Å². The Morgan fingerprint density at radius 3 is 2.38 bits per heavy atom. The lowest BCUT2D eigenvalue weighted by molar-refractivity contribution is 0.0844. The average Bonchev–Trinajstić information content (AvgIpc) is 2.47. The molecule has 0 aliphatic heterocycles. The van der Waals surface area contributed by atoms with Crippen molar-refractivity contribution in [2.75, 3.05) is 0 Å². The third-order valence-electron chi connectivity index (χ3n) is 2.59. The van der Waals surface area contributed by atoms with E-state index in [-0.39, 0.29) is 5.56 Å². The van der Waals surface area contributed by atoms with Gasteiger partial charge < -0.3 is 0 Å². The Morgan fingerprint density at radius 2 is 1.71 bits per heavy atom. The summed E-state index contributed by atoms with van der Waals surface area (Å²) in [4.78, 5) is 23.6. The Balaban J connectivity index is 2.02. The quantitative estimate of drug-likeness (QED) is 0.581. The molecule has 108 valence electrons. The average molecular weight is 419 g/mol. The topological polar surface area (TPSA) is 58.2 Å². The van der Waals surface area contributed by atoms with Crippen LogP contribution in [0.4, 0.5) is 4.39 Å². The molecule has 0 saturated heterocycles. The van der Waals surface area contributed by atoms with Crippen LogP contribution in [0, 0.1) is 9.39 Å². The zero-order valence-electron chi connectivity index (χ0n) is 10.5. The molecule has 7 heteroatoms. The fraction of sp³-hybridized carbons (Fsp3) is 0. The molecule has 0 saturated carbocycles. The lowest BCUT2D eigenvalue weighted by Gasteiger charge is -2.08. The van der Waals surface area contributed by atoms with Crippen LogP contribution in [0.1, 0.15) is 20.7 Å². The number of benzene rings is 2. The number of hydrogen-bond donors (Lipinski definition) is 2. The van der Waals surface area contributed by atoms with Crippen molar-refractivity contribution in [1.29, 1.82) is 0 Å². The van der Waals surface area contributed by atoms with Gasteiger partial charge in [0.15, 0.2) is 0 Å². The van der Waals surface area contributed by atoms with Gasteiger partial charge in [0, 0.05) is 9.13 Å². The predicted octanol–water partition coefficient (Wildman–Crippen LogP) is 3.16. The molecule has 0 aliphatic carbocycles. The molecule has 4 nitrogen and oxygen atoms in total. The maximum absolute atomic E-state index is 13.4. The lowest BCUT2D eigenvalue weighted by atomic mass is 10.2. The van der Waals surface area contributed by atoms with Crippen molar-refractivity contribution in [2.45, 2.75) is 0 Å². The number of amides is 2. The van der Waals surface area contributed by atoms with Crippen LogP contribution in [0.5, 0.6) is 0 Å². The molecule has 2 amide bonds. The van der Waals surface area contributed by atoms with Gasteiger partial charge in [-0.2, -0.15) is 0 Å². The van der Waals surface area contributed by atoms with Crippen LogP contribution in [0.15, 0.2) is 42.5 Å². The van der Waals surface area contributed by atoms with E-state index < -0.39 is 17.6 Å². The van der Waals surface area contributed by atoms with Crippen LogP contribution in [-0.2, 0) is 0 Å². The molecule has 21 heavy (non-hydrogen) atoms. The highest BCUT2D eigenvalue weighted by molar-refractivity contribution is 14.1. The summed E-state index contributed by atoms with van der Waals surface area (Å²) in [7, 11) is 0. The van der Waals surface area contributed by atoms with E-state index in [4.69, 9.17) is 11.6 Å². The molecular weight excluding hydrogens is 410 g/mol. The SMILES string of the molecule is O=C(NNC(=O)c1ccccc1F)c1ccc(Cl)c(I)c1. The minimum atomic E-state index is -0.731. The Bertz CT molecular complexity index is 709. The molecule has 0 spiro atoms. The van der Waals surface area contributed by atoms with Crippen molar-refractivity contribution in [3.8, 4) is 0 Å². The summed E-state index contributed by atoms with van der Waals surface area (Å²) < 4.78 is 14.1. The van der Waals surface area contributed by atoms with Crippen LogP contribution < -0.4 is 10.9 Å². The van der Waals surface area contributed by atoms with E-state index in [0.717, 1.165) is 6.07 Å². The number of carbonyl (C=O) groups is 2. The second-order valence-corrected chi connectivity index (χ2v) is 5.59. The number of rotatable bonds is 2. The zero-order valence-corrected chi connectivity index (χ0v) is 13.4. The van der Waals surface area contributed by atoms with Crippen molar-refractivity contribution >= 4 is 46.0 Å². The predicted molar refractivity (Wildman–Crippen MR) is 85.5 cm³/mol. The standard InChI is InChI=1S/C14H9ClFIN2O2/c15-10-6-5-8(7-12(10)17)13(20)18-19-14(21)9-3-1-2-4-11(9)16/h1-7H,(H,18,20)(H,19,21). The summed E-state index contributed by atoms with van der Waals surface area (Å²) in [6.07, 6.45) is 0. The second-order valence-electron chi connectivity index (χ2n) is 4.02. The molecule has 0 heterocycles. The van der Waals surface area contributed by atoms with Gasteiger partial charge in [0.05, 0.1) is 10.6 Å². The Kier molecular flexibility index (Phi) is 5.13. The van der Waals surface area contributed by atoms with E-state index in [1.165, 1.54) is 24.3 Å². The number of carbonyl (C=O) groups excluding carboxylic acids is 2. The van der Waals surface area contributed by atoms with Crippen LogP contribution in [0.2, 0.25) is 5.02 Å². The summed E-state index contributed by atoms with van der Waals surface area (Å²) in [5.74, 6) is -1.91. The maximum atomic E-state index is 13.4. The number of hydrogen-bond acceptors (Lipinski definition) is 2. The van der Waals surface area contributed by atoms with E-state index in [1.54, 1.807) is 12.1 Å². The maximum Gasteiger partial charge on any atom is 0.272 e. The van der Waals surface area contributed by atoms with E-state index in [1.807, 2.05) is 22.6 Å².